The molecule has 0 aromatic heterocycles. The van der Waals surface area contributed by atoms with Crippen molar-refractivity contribution in [3.8, 4) is 0 Å². The topological polar surface area (TPSA) is 83.5 Å². The zero-order valence-corrected chi connectivity index (χ0v) is 14.1. The Balaban J connectivity index is 1.74. The lowest BCUT2D eigenvalue weighted by molar-refractivity contribution is -0.138. The third-order valence-electron chi connectivity index (χ3n) is 4.32. The van der Waals surface area contributed by atoms with Crippen molar-refractivity contribution in [2.75, 3.05) is 4.72 Å². The van der Waals surface area contributed by atoms with Gasteiger partial charge in [-0.15, -0.1) is 0 Å². The van der Waals surface area contributed by atoms with Crippen LogP contribution in [0.25, 0.3) is 0 Å². The van der Waals surface area contributed by atoms with Crippen LogP contribution in [0.4, 0.5) is 5.69 Å². The number of carboxylic acids is 1. The molecule has 1 aliphatic rings. The molecule has 0 aliphatic heterocycles. The van der Waals surface area contributed by atoms with E-state index in [0.29, 0.717) is 12.1 Å². The van der Waals surface area contributed by atoms with Crippen LogP contribution in [0.1, 0.15) is 30.4 Å². The maximum atomic E-state index is 12.5. The molecule has 2 aromatic carbocycles. The van der Waals surface area contributed by atoms with Gasteiger partial charge in [-0.3, -0.25) is 9.52 Å². The molecule has 2 N–H and O–H groups in total. The van der Waals surface area contributed by atoms with E-state index in [-0.39, 0.29) is 16.7 Å². The van der Waals surface area contributed by atoms with Gasteiger partial charge in [0.25, 0.3) is 10.0 Å². The molecular weight excluding hydrogens is 326 g/mol. The van der Waals surface area contributed by atoms with Crippen molar-refractivity contribution in [1.82, 2.24) is 0 Å². The Kier molecular flexibility index (Phi) is 4.32. The van der Waals surface area contributed by atoms with Gasteiger partial charge in [0.05, 0.1) is 10.8 Å². The van der Waals surface area contributed by atoms with Gasteiger partial charge in [-0.1, -0.05) is 31.2 Å². The first kappa shape index (κ1) is 16.5. The Morgan fingerprint density at radius 2 is 1.92 bits per heavy atom. The third kappa shape index (κ3) is 3.43. The van der Waals surface area contributed by atoms with Crippen molar-refractivity contribution in [2.24, 2.45) is 5.92 Å². The van der Waals surface area contributed by atoms with Crippen molar-refractivity contribution < 1.29 is 18.3 Å². The summed E-state index contributed by atoms with van der Waals surface area (Å²) in [6.07, 6.45) is 1.41. The minimum absolute atomic E-state index is 0.0365. The predicted octanol–water partition coefficient (Wildman–Crippen LogP) is 3.24. The molecule has 0 radical (unpaired) electrons. The van der Waals surface area contributed by atoms with E-state index in [1.165, 1.54) is 0 Å². The second-order valence-corrected chi connectivity index (χ2v) is 7.70. The molecular formula is C18H19NO4S. The molecule has 0 amide bonds. The van der Waals surface area contributed by atoms with Crippen molar-refractivity contribution in [1.29, 1.82) is 0 Å². The Morgan fingerprint density at radius 1 is 1.21 bits per heavy atom. The number of benzene rings is 2. The summed E-state index contributed by atoms with van der Waals surface area (Å²) in [5, 5.41) is 8.97. The van der Waals surface area contributed by atoms with Crippen LogP contribution in [-0.4, -0.2) is 19.5 Å². The highest BCUT2D eigenvalue weighted by Crippen LogP contribution is 2.47. The van der Waals surface area contributed by atoms with Crippen LogP contribution in [0, 0.1) is 5.92 Å². The van der Waals surface area contributed by atoms with Gasteiger partial charge >= 0.3 is 5.97 Å². The van der Waals surface area contributed by atoms with Gasteiger partial charge in [0.15, 0.2) is 0 Å². The zero-order valence-electron chi connectivity index (χ0n) is 13.3. The summed E-state index contributed by atoms with van der Waals surface area (Å²) < 4.78 is 27.5. The zero-order chi connectivity index (χ0) is 17.3. The number of hydrogen-bond acceptors (Lipinski definition) is 3. The van der Waals surface area contributed by atoms with Crippen molar-refractivity contribution >= 4 is 21.7 Å². The molecule has 0 spiro atoms. The lowest BCUT2D eigenvalue weighted by Gasteiger charge is -2.10. The fourth-order valence-electron chi connectivity index (χ4n) is 2.78. The van der Waals surface area contributed by atoms with Crippen LogP contribution in [0.2, 0.25) is 0 Å². The van der Waals surface area contributed by atoms with E-state index in [2.05, 4.69) is 4.72 Å². The molecule has 1 aliphatic carbocycles. The molecule has 0 bridgehead atoms. The third-order valence-corrected chi connectivity index (χ3v) is 5.69. The number of sulfonamides is 1. The van der Waals surface area contributed by atoms with Crippen LogP contribution < -0.4 is 4.72 Å². The van der Waals surface area contributed by atoms with Gasteiger partial charge in [-0.05, 0) is 54.2 Å². The molecule has 0 saturated heterocycles. The van der Waals surface area contributed by atoms with Gasteiger partial charge in [-0.2, -0.15) is 0 Å². The summed E-state index contributed by atoms with van der Waals surface area (Å²) in [5.41, 5.74) is 2.35. The average Bonchev–Trinajstić information content (AvgIpc) is 3.36. The number of carbonyl (C=O) groups is 1. The van der Waals surface area contributed by atoms with E-state index in [9.17, 15) is 13.2 Å². The Hall–Kier alpha value is -2.34. The molecule has 2 aromatic rings. The lowest BCUT2D eigenvalue weighted by atomic mass is 10.1. The Bertz CT molecular complexity index is 859. The van der Waals surface area contributed by atoms with Crippen molar-refractivity contribution in [3.63, 3.8) is 0 Å². The Morgan fingerprint density at radius 3 is 2.50 bits per heavy atom. The molecule has 2 atom stereocenters. The van der Waals surface area contributed by atoms with Gasteiger partial charge < -0.3 is 5.11 Å². The molecule has 1 saturated carbocycles. The number of nitrogens with one attached hydrogen (secondary N) is 1. The van der Waals surface area contributed by atoms with Gasteiger partial charge in [0.2, 0.25) is 0 Å². The van der Waals surface area contributed by atoms with Gasteiger partial charge in [0.1, 0.15) is 0 Å². The molecule has 6 heteroatoms. The van der Waals surface area contributed by atoms with Crippen molar-refractivity contribution in [3.05, 3.63) is 59.7 Å². The fraction of sp³-hybridized carbons (Fsp3) is 0.278. The van der Waals surface area contributed by atoms with E-state index in [4.69, 9.17) is 5.11 Å². The molecule has 0 heterocycles. The SMILES string of the molecule is CCc1cccc(S(=O)(=O)Nc2ccc([C@@H]3C[C@H]3C(=O)O)cc2)c1. The largest absolute Gasteiger partial charge is 0.481 e. The van der Waals surface area contributed by atoms with Crippen molar-refractivity contribution in [2.45, 2.75) is 30.6 Å². The molecule has 1 fully saturated rings. The first-order valence-electron chi connectivity index (χ1n) is 7.85. The summed E-state index contributed by atoms with van der Waals surface area (Å²) in [6, 6.07) is 13.8. The minimum Gasteiger partial charge on any atom is -0.481 e. The maximum absolute atomic E-state index is 12.5. The van der Waals surface area contributed by atoms with E-state index in [1.807, 2.05) is 13.0 Å². The van der Waals surface area contributed by atoms with Crippen LogP contribution in [-0.2, 0) is 21.2 Å². The van der Waals surface area contributed by atoms with E-state index in [1.54, 1.807) is 42.5 Å². The highest BCUT2D eigenvalue weighted by molar-refractivity contribution is 7.92. The maximum Gasteiger partial charge on any atom is 0.307 e. The fourth-order valence-corrected chi connectivity index (χ4v) is 3.91. The molecule has 126 valence electrons. The second-order valence-electron chi connectivity index (χ2n) is 6.02. The number of hydrogen-bond donors (Lipinski definition) is 2. The number of anilines is 1. The first-order chi connectivity index (χ1) is 11.4. The summed E-state index contributed by atoms with van der Waals surface area (Å²) in [6.45, 7) is 1.97. The first-order valence-corrected chi connectivity index (χ1v) is 9.33. The number of aryl methyl sites for hydroxylation is 1. The Labute approximate surface area is 141 Å². The summed E-state index contributed by atoms with van der Waals surface area (Å²) in [7, 11) is -3.63. The number of aliphatic carboxylic acids is 1. The monoisotopic (exact) mass is 345 g/mol. The van der Waals surface area contributed by atoms with Gasteiger partial charge in [-0.25, -0.2) is 8.42 Å². The standard InChI is InChI=1S/C18H19NO4S/c1-2-12-4-3-5-15(10-12)24(22,23)19-14-8-6-13(7-9-14)16-11-17(16)18(20)21/h3-10,16-17,19H,2,11H2,1H3,(H,20,21)/t16-,17+/m0/s1. The quantitative estimate of drug-likeness (QED) is 0.842. The summed E-state index contributed by atoms with van der Waals surface area (Å²) >= 11 is 0. The smallest absolute Gasteiger partial charge is 0.307 e. The number of rotatable bonds is 6. The highest BCUT2D eigenvalue weighted by Gasteiger charge is 2.44. The normalized spacial score (nSPS) is 19.7. The molecule has 24 heavy (non-hydrogen) atoms. The van der Waals surface area contributed by atoms with Crippen LogP contribution in [0.3, 0.4) is 0 Å². The molecule has 0 unspecified atom stereocenters. The predicted molar refractivity (Wildman–Crippen MR) is 91.6 cm³/mol. The van der Waals surface area contributed by atoms with Crippen LogP contribution >= 0.6 is 0 Å². The summed E-state index contributed by atoms with van der Waals surface area (Å²) in [4.78, 5) is 11.2. The molecule has 3 rings (SSSR count). The van der Waals surface area contributed by atoms with Gasteiger partial charge in [0, 0.05) is 5.69 Å². The van der Waals surface area contributed by atoms with Crippen LogP contribution in [0.15, 0.2) is 53.4 Å². The van der Waals surface area contributed by atoms with E-state index in [0.717, 1.165) is 17.5 Å². The number of carboxylic acid groups (broad SMARTS) is 1. The molecule has 5 nitrogen and oxygen atoms in total. The van der Waals surface area contributed by atoms with Crippen LogP contribution in [0.5, 0.6) is 0 Å². The lowest BCUT2D eigenvalue weighted by Crippen LogP contribution is -2.13. The minimum atomic E-state index is -3.63. The summed E-state index contributed by atoms with van der Waals surface area (Å²) in [5.74, 6) is -1.06. The van der Waals surface area contributed by atoms with E-state index < -0.39 is 16.0 Å². The highest BCUT2D eigenvalue weighted by atomic mass is 32.2. The second kappa shape index (κ2) is 6.28. The van der Waals surface area contributed by atoms with E-state index >= 15 is 0 Å². The average molecular weight is 345 g/mol.